The predicted molar refractivity (Wildman–Crippen MR) is 53.6 cm³/mol. The molecule has 17 heavy (non-hydrogen) atoms. The van der Waals surface area contributed by atoms with Crippen LogP contribution in [0.25, 0.3) is 0 Å². The molecule has 0 saturated carbocycles. The van der Waals surface area contributed by atoms with E-state index in [9.17, 15) is 18.4 Å². The van der Waals surface area contributed by atoms with Crippen molar-refractivity contribution >= 4 is 11.9 Å². The molecule has 0 radical (unpaired) electrons. The van der Waals surface area contributed by atoms with Crippen LogP contribution in [0.1, 0.15) is 24.2 Å². The van der Waals surface area contributed by atoms with Crippen LogP contribution in [0, 0.1) is 11.6 Å². The van der Waals surface area contributed by atoms with Gasteiger partial charge in [0.25, 0.3) is 0 Å². The number of hydrogen-bond donors (Lipinski definition) is 0. The zero-order valence-electron chi connectivity index (χ0n) is 9.25. The molecular formula is C11H10F2O4. The highest BCUT2D eigenvalue weighted by Gasteiger charge is 2.21. The number of hydrogen-bond acceptors (Lipinski definition) is 4. The van der Waals surface area contributed by atoms with Gasteiger partial charge in [-0.3, -0.25) is 4.79 Å². The Labute approximate surface area is 96.1 Å². The van der Waals surface area contributed by atoms with E-state index in [0.29, 0.717) is 0 Å². The molecule has 1 rings (SSSR count). The summed E-state index contributed by atoms with van der Waals surface area (Å²) in [5.74, 6) is -5.05. The lowest BCUT2D eigenvalue weighted by Crippen LogP contribution is -2.11. The third-order valence-electron chi connectivity index (χ3n) is 1.79. The van der Waals surface area contributed by atoms with E-state index in [4.69, 9.17) is 0 Å². The van der Waals surface area contributed by atoms with E-state index in [1.807, 2.05) is 0 Å². The molecule has 0 bridgehead atoms. The lowest BCUT2D eigenvalue weighted by Gasteiger charge is -2.08. The molecule has 0 amide bonds. The van der Waals surface area contributed by atoms with Crippen molar-refractivity contribution in [2.75, 3.05) is 6.61 Å². The Morgan fingerprint density at radius 2 is 1.94 bits per heavy atom. The molecule has 0 aromatic heterocycles. The van der Waals surface area contributed by atoms with Gasteiger partial charge in [0.15, 0.2) is 11.6 Å². The summed E-state index contributed by atoms with van der Waals surface area (Å²) in [6.45, 7) is 2.60. The topological polar surface area (TPSA) is 52.6 Å². The summed E-state index contributed by atoms with van der Waals surface area (Å²) in [6.07, 6.45) is 0. The lowest BCUT2D eigenvalue weighted by atomic mass is 10.2. The minimum Gasteiger partial charge on any atom is -0.462 e. The number of carbonyl (C=O) groups is 2. The molecular weight excluding hydrogens is 234 g/mol. The van der Waals surface area contributed by atoms with Crippen LogP contribution in [-0.4, -0.2) is 18.5 Å². The van der Waals surface area contributed by atoms with Gasteiger partial charge in [-0.2, -0.15) is 0 Å². The Hall–Kier alpha value is -1.98. The molecule has 92 valence electrons. The molecule has 0 saturated heterocycles. The molecule has 0 N–H and O–H groups in total. The van der Waals surface area contributed by atoms with E-state index >= 15 is 0 Å². The number of esters is 2. The van der Waals surface area contributed by atoms with Crippen LogP contribution in [-0.2, 0) is 9.53 Å². The van der Waals surface area contributed by atoms with Crippen molar-refractivity contribution in [3.63, 3.8) is 0 Å². The molecule has 6 heteroatoms. The summed E-state index contributed by atoms with van der Waals surface area (Å²) in [5, 5.41) is 0. The molecule has 0 aliphatic carbocycles. The first-order chi connectivity index (χ1) is 7.97. The van der Waals surface area contributed by atoms with Crippen molar-refractivity contribution < 1.29 is 27.8 Å². The van der Waals surface area contributed by atoms with Gasteiger partial charge in [0.2, 0.25) is 5.75 Å². The molecule has 0 heterocycles. The van der Waals surface area contributed by atoms with Crippen LogP contribution >= 0.6 is 0 Å². The second kappa shape index (κ2) is 5.38. The van der Waals surface area contributed by atoms with Crippen LogP contribution in [0.2, 0.25) is 0 Å². The van der Waals surface area contributed by atoms with Crippen LogP contribution < -0.4 is 4.74 Å². The first-order valence-electron chi connectivity index (χ1n) is 4.81. The largest absolute Gasteiger partial charge is 0.462 e. The number of halogens is 2. The van der Waals surface area contributed by atoms with Gasteiger partial charge in [0.1, 0.15) is 0 Å². The number of carbonyl (C=O) groups excluding carboxylic acids is 2. The van der Waals surface area contributed by atoms with Crippen LogP contribution in [0.5, 0.6) is 5.75 Å². The Bertz CT molecular complexity index is 457. The highest BCUT2D eigenvalue weighted by Crippen LogP contribution is 2.25. The summed E-state index contributed by atoms with van der Waals surface area (Å²) >= 11 is 0. The minimum absolute atomic E-state index is 0.0541. The van der Waals surface area contributed by atoms with Gasteiger partial charge in [0, 0.05) is 6.92 Å². The Balaban J connectivity index is 3.18. The highest BCUT2D eigenvalue weighted by atomic mass is 19.1. The Morgan fingerprint density at radius 1 is 1.29 bits per heavy atom. The van der Waals surface area contributed by atoms with Gasteiger partial charge in [-0.1, -0.05) is 0 Å². The fourth-order valence-corrected chi connectivity index (χ4v) is 1.14. The fourth-order valence-electron chi connectivity index (χ4n) is 1.14. The van der Waals surface area contributed by atoms with Crippen LogP contribution in [0.15, 0.2) is 12.1 Å². The predicted octanol–water partition coefficient (Wildman–Crippen LogP) is 2.07. The molecule has 0 unspecified atom stereocenters. The molecule has 0 spiro atoms. The number of rotatable bonds is 3. The molecule has 0 atom stereocenters. The van der Waals surface area contributed by atoms with E-state index in [-0.39, 0.29) is 6.61 Å². The van der Waals surface area contributed by atoms with Crippen molar-refractivity contribution in [3.8, 4) is 5.75 Å². The van der Waals surface area contributed by atoms with E-state index in [1.165, 1.54) is 0 Å². The van der Waals surface area contributed by atoms with Gasteiger partial charge in [-0.25, -0.2) is 13.6 Å². The van der Waals surface area contributed by atoms with Gasteiger partial charge in [-0.05, 0) is 19.1 Å². The van der Waals surface area contributed by atoms with Gasteiger partial charge >= 0.3 is 11.9 Å². The average molecular weight is 244 g/mol. The molecule has 0 fully saturated rings. The van der Waals surface area contributed by atoms with Crippen molar-refractivity contribution in [2.45, 2.75) is 13.8 Å². The van der Waals surface area contributed by atoms with Crippen molar-refractivity contribution in [1.29, 1.82) is 0 Å². The van der Waals surface area contributed by atoms with E-state index in [1.54, 1.807) is 6.92 Å². The number of ether oxygens (including phenoxy) is 2. The monoisotopic (exact) mass is 244 g/mol. The maximum absolute atomic E-state index is 13.6. The second-order valence-corrected chi connectivity index (χ2v) is 3.05. The first kappa shape index (κ1) is 13.1. The quantitative estimate of drug-likeness (QED) is 0.603. The standard InChI is InChI=1S/C11H10F2O4/c1-3-16-11(15)7-4-5-8(12)10(9(7)13)17-6(2)14/h4-5H,3H2,1-2H3. The Morgan fingerprint density at radius 3 is 2.47 bits per heavy atom. The molecule has 1 aromatic carbocycles. The fraction of sp³-hybridized carbons (Fsp3) is 0.273. The van der Waals surface area contributed by atoms with Gasteiger partial charge in [-0.15, -0.1) is 0 Å². The SMILES string of the molecule is CCOC(=O)c1ccc(F)c(OC(C)=O)c1F. The van der Waals surface area contributed by atoms with Crippen molar-refractivity contribution in [1.82, 2.24) is 0 Å². The molecule has 1 aromatic rings. The second-order valence-electron chi connectivity index (χ2n) is 3.05. The van der Waals surface area contributed by atoms with Crippen molar-refractivity contribution in [3.05, 3.63) is 29.3 Å². The van der Waals surface area contributed by atoms with Crippen LogP contribution in [0.3, 0.4) is 0 Å². The third kappa shape index (κ3) is 2.99. The van der Waals surface area contributed by atoms with E-state index < -0.39 is 34.9 Å². The summed E-state index contributed by atoms with van der Waals surface area (Å²) in [4.78, 5) is 21.9. The molecule has 0 aliphatic heterocycles. The van der Waals surface area contributed by atoms with Crippen molar-refractivity contribution in [2.24, 2.45) is 0 Å². The zero-order valence-corrected chi connectivity index (χ0v) is 9.25. The highest BCUT2D eigenvalue weighted by molar-refractivity contribution is 5.90. The van der Waals surface area contributed by atoms with Gasteiger partial charge < -0.3 is 9.47 Å². The maximum atomic E-state index is 13.6. The number of benzene rings is 1. The summed E-state index contributed by atoms with van der Waals surface area (Å²) < 4.78 is 35.7. The lowest BCUT2D eigenvalue weighted by molar-refractivity contribution is -0.132. The third-order valence-corrected chi connectivity index (χ3v) is 1.79. The molecule has 0 aliphatic rings. The summed E-state index contributed by atoms with van der Waals surface area (Å²) in [7, 11) is 0. The first-order valence-corrected chi connectivity index (χ1v) is 4.81. The zero-order chi connectivity index (χ0) is 13.0. The minimum atomic E-state index is -1.25. The Kier molecular flexibility index (Phi) is 4.14. The average Bonchev–Trinajstić information content (AvgIpc) is 2.24. The van der Waals surface area contributed by atoms with E-state index in [0.717, 1.165) is 19.1 Å². The molecule has 4 nitrogen and oxygen atoms in total. The maximum Gasteiger partial charge on any atom is 0.341 e. The normalized spacial score (nSPS) is 9.88. The van der Waals surface area contributed by atoms with Crippen LogP contribution in [0.4, 0.5) is 8.78 Å². The smallest absolute Gasteiger partial charge is 0.341 e. The van der Waals surface area contributed by atoms with E-state index in [2.05, 4.69) is 9.47 Å². The summed E-state index contributed by atoms with van der Waals surface area (Å²) in [5.41, 5.74) is -0.482. The summed E-state index contributed by atoms with van der Waals surface area (Å²) in [6, 6.07) is 1.75. The van der Waals surface area contributed by atoms with Gasteiger partial charge in [0.05, 0.1) is 12.2 Å².